The van der Waals surface area contributed by atoms with Gasteiger partial charge in [0.1, 0.15) is 17.6 Å². The van der Waals surface area contributed by atoms with Crippen molar-refractivity contribution >= 4 is 17.4 Å². The number of carbonyl (C=O) groups is 1. The normalized spacial score (nSPS) is 12.0. The van der Waals surface area contributed by atoms with Crippen LogP contribution in [-0.2, 0) is 0 Å². The van der Waals surface area contributed by atoms with Crippen LogP contribution in [-0.4, -0.2) is 28.9 Å². The third-order valence-corrected chi connectivity index (χ3v) is 3.13. The smallest absolute Gasteiger partial charge is 0.300 e. The minimum atomic E-state index is -0.597. The van der Waals surface area contributed by atoms with Crippen LogP contribution in [0.25, 0.3) is 0 Å². The maximum absolute atomic E-state index is 12.2. The Morgan fingerprint density at radius 3 is 2.57 bits per heavy atom. The second kappa shape index (κ2) is 7.56. The monoisotopic (exact) mass is 294 g/mol. The Bertz CT molecular complexity index is 517. The topological polar surface area (TPSA) is 97.2 Å². The molecule has 0 aliphatic rings. The zero-order chi connectivity index (χ0) is 16.0. The Hall–Kier alpha value is -2.18. The molecule has 7 nitrogen and oxygen atoms in total. The van der Waals surface area contributed by atoms with Crippen molar-refractivity contribution in [2.75, 3.05) is 12.4 Å². The SMILES string of the molecule is CNc1cc(C(=O)NC(C)CCC(C)C)c([N+](=O)[O-])cn1. The molecule has 7 heteroatoms. The molecule has 0 aliphatic heterocycles. The zero-order valence-electron chi connectivity index (χ0n) is 12.8. The maximum atomic E-state index is 12.2. The molecule has 1 atom stereocenters. The highest BCUT2D eigenvalue weighted by Gasteiger charge is 2.22. The lowest BCUT2D eigenvalue weighted by molar-refractivity contribution is -0.385. The zero-order valence-corrected chi connectivity index (χ0v) is 12.8. The molecule has 0 bridgehead atoms. The van der Waals surface area contributed by atoms with Crippen molar-refractivity contribution < 1.29 is 9.72 Å². The second-order valence-corrected chi connectivity index (χ2v) is 5.44. The molecule has 1 unspecified atom stereocenters. The first kappa shape index (κ1) is 16.9. The molecular formula is C14H22N4O3. The molecule has 1 rings (SSSR count). The quantitative estimate of drug-likeness (QED) is 0.595. The van der Waals surface area contributed by atoms with Crippen LogP contribution in [0.4, 0.5) is 11.5 Å². The van der Waals surface area contributed by atoms with Crippen LogP contribution in [0.15, 0.2) is 12.3 Å². The molecule has 1 amide bonds. The minimum absolute atomic E-state index is 0.0238. The summed E-state index contributed by atoms with van der Waals surface area (Å²) in [4.78, 5) is 26.5. The van der Waals surface area contributed by atoms with Gasteiger partial charge >= 0.3 is 0 Å². The lowest BCUT2D eigenvalue weighted by Crippen LogP contribution is -2.33. The Morgan fingerprint density at radius 1 is 1.38 bits per heavy atom. The average Bonchev–Trinajstić information content (AvgIpc) is 2.44. The van der Waals surface area contributed by atoms with E-state index in [2.05, 4.69) is 29.5 Å². The maximum Gasteiger partial charge on any atom is 0.300 e. The van der Waals surface area contributed by atoms with Crippen molar-refractivity contribution in [3.05, 3.63) is 27.9 Å². The fourth-order valence-electron chi connectivity index (χ4n) is 1.87. The van der Waals surface area contributed by atoms with E-state index in [0.29, 0.717) is 11.7 Å². The van der Waals surface area contributed by atoms with Crippen molar-refractivity contribution in [1.29, 1.82) is 0 Å². The number of nitrogens with one attached hydrogen (secondary N) is 2. The molecule has 1 heterocycles. The summed E-state index contributed by atoms with van der Waals surface area (Å²) in [6, 6.07) is 1.36. The molecule has 0 radical (unpaired) electrons. The van der Waals surface area contributed by atoms with Gasteiger partial charge < -0.3 is 10.6 Å². The fourth-order valence-corrected chi connectivity index (χ4v) is 1.87. The Balaban J connectivity index is 2.87. The number of hydrogen-bond acceptors (Lipinski definition) is 5. The van der Waals surface area contributed by atoms with Gasteiger partial charge in [0.15, 0.2) is 0 Å². The molecule has 0 aromatic carbocycles. The summed E-state index contributed by atoms with van der Waals surface area (Å²) in [6.07, 6.45) is 2.92. The second-order valence-electron chi connectivity index (χ2n) is 5.44. The van der Waals surface area contributed by atoms with Crippen LogP contribution in [0, 0.1) is 16.0 Å². The third-order valence-electron chi connectivity index (χ3n) is 3.13. The summed E-state index contributed by atoms with van der Waals surface area (Å²) < 4.78 is 0. The van der Waals surface area contributed by atoms with Gasteiger partial charge in [0, 0.05) is 19.2 Å². The molecule has 1 aromatic heterocycles. The van der Waals surface area contributed by atoms with Crippen LogP contribution in [0.2, 0.25) is 0 Å². The van der Waals surface area contributed by atoms with E-state index in [1.807, 2.05) is 6.92 Å². The first-order chi connectivity index (χ1) is 9.85. The predicted octanol–water partition coefficient (Wildman–Crippen LogP) is 2.59. The van der Waals surface area contributed by atoms with Crippen molar-refractivity contribution in [3.8, 4) is 0 Å². The number of hydrogen-bond donors (Lipinski definition) is 2. The van der Waals surface area contributed by atoms with Gasteiger partial charge in [-0.15, -0.1) is 0 Å². The molecule has 2 N–H and O–H groups in total. The first-order valence-electron chi connectivity index (χ1n) is 6.98. The Labute approximate surface area is 124 Å². The summed E-state index contributed by atoms with van der Waals surface area (Å²) in [5.41, 5.74) is -0.265. The third kappa shape index (κ3) is 5.02. The number of rotatable bonds is 7. The molecule has 0 aliphatic carbocycles. The number of aromatic nitrogens is 1. The highest BCUT2D eigenvalue weighted by atomic mass is 16.6. The van der Waals surface area contributed by atoms with E-state index in [1.165, 1.54) is 6.07 Å². The molecule has 0 saturated heterocycles. The first-order valence-corrected chi connectivity index (χ1v) is 6.98. The van der Waals surface area contributed by atoms with Gasteiger partial charge in [0.25, 0.3) is 11.6 Å². The van der Waals surface area contributed by atoms with Gasteiger partial charge in [-0.3, -0.25) is 14.9 Å². The minimum Gasteiger partial charge on any atom is -0.373 e. The number of pyridine rings is 1. The van der Waals surface area contributed by atoms with Crippen LogP contribution < -0.4 is 10.6 Å². The van der Waals surface area contributed by atoms with E-state index in [1.54, 1.807) is 7.05 Å². The molecule has 0 spiro atoms. The van der Waals surface area contributed by atoms with Gasteiger partial charge in [-0.2, -0.15) is 0 Å². The molecule has 0 fully saturated rings. The highest BCUT2D eigenvalue weighted by molar-refractivity contribution is 5.98. The number of amides is 1. The largest absolute Gasteiger partial charge is 0.373 e. The van der Waals surface area contributed by atoms with Gasteiger partial charge in [0.05, 0.1) is 4.92 Å². The summed E-state index contributed by atoms with van der Waals surface area (Å²) >= 11 is 0. The predicted molar refractivity (Wildman–Crippen MR) is 81.4 cm³/mol. The highest BCUT2D eigenvalue weighted by Crippen LogP contribution is 2.20. The summed E-state index contributed by atoms with van der Waals surface area (Å²) in [7, 11) is 1.64. The number of carbonyl (C=O) groups excluding carboxylic acids is 1. The molecule has 21 heavy (non-hydrogen) atoms. The van der Waals surface area contributed by atoms with Crippen LogP contribution in [0.5, 0.6) is 0 Å². The van der Waals surface area contributed by atoms with Gasteiger partial charge in [-0.05, 0) is 25.7 Å². The lowest BCUT2D eigenvalue weighted by atomic mass is 10.0. The molecule has 1 aromatic rings. The van der Waals surface area contributed by atoms with Gasteiger partial charge in [-0.25, -0.2) is 4.98 Å². The van der Waals surface area contributed by atoms with E-state index in [4.69, 9.17) is 0 Å². The molecular weight excluding hydrogens is 272 g/mol. The van der Waals surface area contributed by atoms with Crippen LogP contribution in [0.3, 0.4) is 0 Å². The Morgan fingerprint density at radius 2 is 2.05 bits per heavy atom. The number of nitro groups is 1. The van der Waals surface area contributed by atoms with Crippen molar-refractivity contribution in [2.45, 2.75) is 39.7 Å². The van der Waals surface area contributed by atoms with E-state index >= 15 is 0 Å². The standard InChI is InChI=1S/C14H22N4O3/c1-9(2)5-6-10(3)17-14(19)11-7-13(15-4)16-8-12(11)18(20)21/h7-10H,5-6H2,1-4H3,(H,15,16)(H,17,19). The number of anilines is 1. The molecule has 116 valence electrons. The van der Waals surface area contributed by atoms with Crippen LogP contribution >= 0.6 is 0 Å². The number of nitrogens with zero attached hydrogens (tertiary/aromatic N) is 2. The summed E-state index contributed by atoms with van der Waals surface area (Å²) in [5, 5.41) is 16.6. The average molecular weight is 294 g/mol. The van der Waals surface area contributed by atoms with Crippen molar-refractivity contribution in [1.82, 2.24) is 10.3 Å². The Kier molecular flexibility index (Phi) is 6.08. The van der Waals surface area contributed by atoms with Crippen molar-refractivity contribution in [3.63, 3.8) is 0 Å². The van der Waals surface area contributed by atoms with Crippen LogP contribution in [0.1, 0.15) is 44.0 Å². The van der Waals surface area contributed by atoms with Gasteiger partial charge in [0.2, 0.25) is 0 Å². The fraction of sp³-hybridized carbons (Fsp3) is 0.571. The van der Waals surface area contributed by atoms with E-state index in [-0.39, 0.29) is 17.3 Å². The van der Waals surface area contributed by atoms with Gasteiger partial charge in [-0.1, -0.05) is 13.8 Å². The molecule has 0 saturated carbocycles. The van der Waals surface area contributed by atoms with Crippen molar-refractivity contribution in [2.24, 2.45) is 5.92 Å². The summed E-state index contributed by atoms with van der Waals surface area (Å²) in [5.74, 6) is 0.521. The van der Waals surface area contributed by atoms with E-state index < -0.39 is 10.8 Å². The van der Waals surface area contributed by atoms with E-state index in [9.17, 15) is 14.9 Å². The lowest BCUT2D eigenvalue weighted by Gasteiger charge is -2.15. The van der Waals surface area contributed by atoms with E-state index in [0.717, 1.165) is 19.0 Å². The summed E-state index contributed by atoms with van der Waals surface area (Å²) in [6.45, 7) is 6.12.